The summed E-state index contributed by atoms with van der Waals surface area (Å²) in [6.45, 7) is 16.3. The van der Waals surface area contributed by atoms with Crippen molar-refractivity contribution >= 4 is 22.6 Å². The van der Waals surface area contributed by atoms with E-state index in [-0.39, 0.29) is 29.6 Å². The van der Waals surface area contributed by atoms with Crippen molar-refractivity contribution in [1.29, 1.82) is 0 Å². The number of aliphatic hydroxyl groups is 3. The number of allylic oxidation sites excluding steroid dienone is 1. The van der Waals surface area contributed by atoms with Gasteiger partial charge in [-0.1, -0.05) is 65.2 Å². The zero-order valence-corrected chi connectivity index (χ0v) is 47.1. The molecular weight excluding hydrogens is 947 g/mol. The Kier molecular flexibility index (Phi) is 12.4. The zero-order chi connectivity index (χ0) is 53.0. The van der Waals surface area contributed by atoms with E-state index in [0.29, 0.717) is 75.5 Å². The second-order valence-corrected chi connectivity index (χ2v) is 28.6. The Hall–Kier alpha value is -3.56. The fraction of sp³-hybridized carbons (Fsp3) is 0.727. The van der Waals surface area contributed by atoms with Crippen LogP contribution in [0.15, 0.2) is 41.7 Å². The summed E-state index contributed by atoms with van der Waals surface area (Å²) in [6, 6.07) is 7.58. The van der Waals surface area contributed by atoms with Crippen molar-refractivity contribution in [3.63, 3.8) is 0 Å². The number of rotatable bonds is 10. The van der Waals surface area contributed by atoms with E-state index in [4.69, 9.17) is 9.47 Å². The SMILES string of the molecule is CNCCC1(C)C(=O)CC2(CCC(O)C2)C2(C)C1CCC13CC#CCC4Cc5c[nH]c6c(Cc7cc(C8CCCCC8)cc(C8CCOCC8)c7)cn(c56)CC(C5=C(C(=O)CC51C)C4(C)CC(O)C1OC1(C)C)C(O)C32. The van der Waals surface area contributed by atoms with Gasteiger partial charge in [-0.2, -0.15) is 0 Å². The molecule has 5 bridgehead atoms. The van der Waals surface area contributed by atoms with E-state index in [1.165, 1.54) is 65.4 Å². The van der Waals surface area contributed by atoms with Gasteiger partial charge in [-0.05, 0) is 184 Å². The van der Waals surface area contributed by atoms with Crippen LogP contribution in [0.1, 0.15) is 197 Å². The molecule has 410 valence electrons. The molecule has 7 aliphatic carbocycles. The van der Waals surface area contributed by atoms with Crippen molar-refractivity contribution < 1.29 is 34.4 Å². The number of carbonyl (C=O) groups is 2. The molecular formula is C66H89N3O7. The van der Waals surface area contributed by atoms with Crippen LogP contribution < -0.4 is 5.32 Å². The van der Waals surface area contributed by atoms with Crippen molar-refractivity contribution in [3.05, 3.63) is 69.6 Å². The molecule has 14 unspecified atom stereocenters. The minimum Gasteiger partial charge on any atom is -0.393 e. The fourth-order valence-electron chi connectivity index (χ4n) is 20.6. The normalized spacial score (nSPS) is 41.3. The molecule has 0 amide bonds. The largest absolute Gasteiger partial charge is 0.393 e. The van der Waals surface area contributed by atoms with Crippen molar-refractivity contribution in [2.45, 2.75) is 218 Å². The van der Waals surface area contributed by atoms with Crippen molar-refractivity contribution in [2.75, 3.05) is 26.8 Å². The van der Waals surface area contributed by atoms with Crippen LogP contribution in [0.25, 0.3) is 11.0 Å². The predicted molar refractivity (Wildman–Crippen MR) is 296 cm³/mol. The lowest BCUT2D eigenvalue weighted by Gasteiger charge is -2.74. The van der Waals surface area contributed by atoms with Crippen molar-refractivity contribution in [1.82, 2.24) is 14.9 Å². The monoisotopic (exact) mass is 1040 g/mol. The molecule has 2 aromatic heterocycles. The number of Topliss-reactive ketones (excluding diaryl/α,β-unsaturated/α-hetero) is 2. The lowest BCUT2D eigenvalue weighted by molar-refractivity contribution is -0.266. The number of aliphatic hydroxyl groups excluding tert-OH is 3. The molecule has 3 aliphatic heterocycles. The number of nitrogens with zero attached hydrogens (tertiary/aromatic N) is 1. The van der Waals surface area contributed by atoms with Crippen LogP contribution in [0, 0.1) is 68.0 Å². The summed E-state index contributed by atoms with van der Waals surface area (Å²) in [6.07, 6.45) is 18.6. The van der Waals surface area contributed by atoms with E-state index in [1.54, 1.807) is 0 Å². The molecule has 10 heteroatoms. The molecule has 5 N–H and O–H groups in total. The molecule has 13 rings (SSSR count). The molecule has 0 radical (unpaired) electrons. The summed E-state index contributed by atoms with van der Waals surface area (Å²) in [7, 11) is 1.97. The fourth-order valence-corrected chi connectivity index (χ4v) is 20.6. The molecule has 10 nitrogen and oxygen atoms in total. The van der Waals surface area contributed by atoms with Gasteiger partial charge in [-0.15, -0.1) is 11.8 Å². The van der Waals surface area contributed by atoms with Gasteiger partial charge in [-0.3, -0.25) is 9.59 Å². The molecule has 2 saturated heterocycles. The summed E-state index contributed by atoms with van der Waals surface area (Å²) in [4.78, 5) is 35.0. The van der Waals surface area contributed by atoms with Crippen molar-refractivity contribution in [3.8, 4) is 11.8 Å². The summed E-state index contributed by atoms with van der Waals surface area (Å²) in [5, 5.41) is 42.1. The van der Waals surface area contributed by atoms with Crippen LogP contribution in [-0.4, -0.2) is 93.3 Å². The molecule has 1 aromatic carbocycles. The first-order chi connectivity index (χ1) is 36.3. The van der Waals surface area contributed by atoms with E-state index < -0.39 is 62.3 Å². The highest BCUT2D eigenvalue weighted by Crippen LogP contribution is 2.81. The number of ketones is 2. The third-order valence-corrected chi connectivity index (χ3v) is 24.6. The first kappa shape index (κ1) is 51.9. The number of hydrogen-bond acceptors (Lipinski definition) is 8. The van der Waals surface area contributed by atoms with Crippen LogP contribution in [0.3, 0.4) is 0 Å². The molecule has 10 aliphatic rings. The maximum atomic E-state index is 16.0. The third-order valence-electron chi connectivity index (χ3n) is 24.6. The van der Waals surface area contributed by atoms with Gasteiger partial charge >= 0.3 is 0 Å². The van der Waals surface area contributed by atoms with Crippen LogP contribution in [-0.2, 0) is 38.4 Å². The Morgan fingerprint density at radius 1 is 0.895 bits per heavy atom. The van der Waals surface area contributed by atoms with Gasteiger partial charge in [0, 0.05) is 92.0 Å². The van der Waals surface area contributed by atoms with Crippen LogP contribution >= 0.6 is 0 Å². The van der Waals surface area contributed by atoms with E-state index in [1.807, 2.05) is 20.9 Å². The molecule has 76 heavy (non-hydrogen) atoms. The number of aromatic amines is 1. The van der Waals surface area contributed by atoms with E-state index >= 15 is 9.59 Å². The average Bonchev–Trinajstić information content (AvgIpc) is 3.66. The van der Waals surface area contributed by atoms with Crippen molar-refractivity contribution in [2.24, 2.45) is 56.2 Å². The van der Waals surface area contributed by atoms with Gasteiger partial charge in [0.1, 0.15) is 11.9 Å². The lowest BCUT2D eigenvalue weighted by Crippen LogP contribution is -2.73. The number of benzene rings is 1. The summed E-state index contributed by atoms with van der Waals surface area (Å²) >= 11 is 0. The second kappa shape index (κ2) is 18.2. The average molecular weight is 1040 g/mol. The van der Waals surface area contributed by atoms with E-state index in [9.17, 15) is 15.3 Å². The first-order valence-electron chi connectivity index (χ1n) is 30.3. The number of hydrogen-bond donors (Lipinski definition) is 5. The Morgan fingerprint density at radius 3 is 2.33 bits per heavy atom. The quantitative estimate of drug-likeness (QED) is 0.0996. The maximum Gasteiger partial charge on any atom is 0.160 e. The number of carbonyl (C=O) groups excluding carboxylic acids is 2. The Morgan fingerprint density at radius 2 is 1.63 bits per heavy atom. The minimum absolute atomic E-state index is 0.0259. The number of fused-ring (bicyclic) bond motifs is 4. The molecule has 5 heterocycles. The number of nitrogens with one attached hydrogen (secondary N) is 2. The molecule has 14 atom stereocenters. The van der Waals surface area contributed by atoms with Gasteiger partial charge in [-0.25, -0.2) is 0 Å². The van der Waals surface area contributed by atoms with Crippen LogP contribution in [0.4, 0.5) is 0 Å². The van der Waals surface area contributed by atoms with Crippen LogP contribution in [0.5, 0.6) is 0 Å². The summed E-state index contributed by atoms with van der Waals surface area (Å²) in [5.41, 5.74) is 6.89. The van der Waals surface area contributed by atoms with Gasteiger partial charge < -0.3 is 39.7 Å². The molecule has 5 saturated carbocycles. The molecule has 3 aromatic rings. The molecule has 2 spiro atoms. The number of H-pyrrole nitrogens is 1. The van der Waals surface area contributed by atoms with Crippen LogP contribution in [0.2, 0.25) is 0 Å². The highest BCUT2D eigenvalue weighted by molar-refractivity contribution is 6.02. The first-order valence-corrected chi connectivity index (χ1v) is 30.3. The Balaban J connectivity index is 1.01. The smallest absolute Gasteiger partial charge is 0.160 e. The second-order valence-electron chi connectivity index (χ2n) is 28.6. The van der Waals surface area contributed by atoms with Gasteiger partial charge in [0.05, 0.1) is 34.9 Å². The number of epoxide rings is 1. The topological polar surface area (TPSA) is 149 Å². The standard InChI is InChI=1S/C66H89N3O7/c1-60(2)59(76-60)50(72)33-62(4)46-15-11-12-20-66-22-17-51-61(3,23-24-67-7)52(73)35-65(21-16-47(70)32-65)64(51,6)58(66)57(74)48(53-54(62)49(71)34-63(53,66)5)38-69-37-45(55-56(69)44(31-46)36-68-55)29-39-27-42(40-13-9-8-10-14-40)30-43(28-39)41-18-25-75-26-19-41/h27-28,30,36-37,40-41,46-48,50-51,57-59,67-68,70,72,74H,8-10,13-26,29,31-35,38H2,1-7H3. The summed E-state index contributed by atoms with van der Waals surface area (Å²) < 4.78 is 14.6. The van der Waals surface area contributed by atoms with Gasteiger partial charge in [0.15, 0.2) is 5.78 Å². The highest BCUT2D eigenvalue weighted by Gasteiger charge is 2.78. The number of aromatic nitrogens is 2. The lowest BCUT2D eigenvalue weighted by atomic mass is 9.29. The van der Waals surface area contributed by atoms with E-state index in [2.05, 4.69) is 85.0 Å². The minimum atomic E-state index is -0.871. The maximum absolute atomic E-state index is 16.0. The summed E-state index contributed by atoms with van der Waals surface area (Å²) in [5.74, 6) is 8.40. The zero-order valence-electron chi connectivity index (χ0n) is 47.1. The predicted octanol–water partition coefficient (Wildman–Crippen LogP) is 10.8. The molecule has 7 fully saturated rings. The van der Waals surface area contributed by atoms with E-state index in [0.717, 1.165) is 81.4 Å². The highest BCUT2D eigenvalue weighted by atomic mass is 16.6. The number of ether oxygens (including phenoxy) is 2. The third kappa shape index (κ3) is 7.46. The Labute approximate surface area is 452 Å². The Bertz CT molecular complexity index is 2890. The van der Waals surface area contributed by atoms with Gasteiger partial charge in [0.2, 0.25) is 0 Å². The van der Waals surface area contributed by atoms with Gasteiger partial charge in [0.25, 0.3) is 0 Å².